The minimum atomic E-state index is -0.831. The third-order valence-corrected chi connectivity index (χ3v) is 3.04. The molecular weight excluding hydrogens is 210 g/mol. The second-order valence-corrected chi connectivity index (χ2v) is 4.42. The smallest absolute Gasteiger partial charge is 0.163 e. The summed E-state index contributed by atoms with van der Waals surface area (Å²) in [6.07, 6.45) is 2.35. The number of halogens is 2. The summed E-state index contributed by atoms with van der Waals surface area (Å²) in [6.45, 7) is 0.561. The van der Waals surface area contributed by atoms with Crippen molar-refractivity contribution >= 4 is 0 Å². The highest BCUT2D eigenvalue weighted by atomic mass is 19.2. The lowest BCUT2D eigenvalue weighted by Crippen LogP contribution is -2.31. The maximum absolute atomic E-state index is 13.4. The molecule has 1 aromatic rings. The van der Waals surface area contributed by atoms with Gasteiger partial charge in [0.05, 0.1) is 0 Å². The number of likely N-dealkylation sites (N-methyl/N-ethyl adjacent to an activating group) is 1. The van der Waals surface area contributed by atoms with Crippen molar-refractivity contribution in [2.24, 2.45) is 5.73 Å². The van der Waals surface area contributed by atoms with Crippen molar-refractivity contribution in [2.75, 3.05) is 13.6 Å². The highest BCUT2D eigenvalue weighted by Crippen LogP contribution is 2.27. The van der Waals surface area contributed by atoms with Crippen LogP contribution in [0.3, 0.4) is 0 Å². The van der Waals surface area contributed by atoms with E-state index in [1.807, 2.05) is 7.05 Å². The van der Waals surface area contributed by atoms with Crippen LogP contribution in [-0.4, -0.2) is 24.5 Å². The topological polar surface area (TPSA) is 29.3 Å². The molecule has 0 radical (unpaired) electrons. The first kappa shape index (κ1) is 11.5. The predicted octanol–water partition coefficient (Wildman–Crippen LogP) is 2.06. The van der Waals surface area contributed by atoms with Crippen LogP contribution in [0.2, 0.25) is 0 Å². The molecule has 1 saturated carbocycles. The van der Waals surface area contributed by atoms with Crippen molar-refractivity contribution < 1.29 is 8.78 Å². The molecule has 1 unspecified atom stereocenters. The van der Waals surface area contributed by atoms with Crippen LogP contribution in [0.5, 0.6) is 0 Å². The van der Waals surface area contributed by atoms with E-state index in [1.165, 1.54) is 18.9 Å². The van der Waals surface area contributed by atoms with E-state index >= 15 is 0 Å². The zero-order valence-electron chi connectivity index (χ0n) is 9.29. The average Bonchev–Trinajstić information content (AvgIpc) is 3.05. The van der Waals surface area contributed by atoms with Crippen LogP contribution in [0.25, 0.3) is 0 Å². The van der Waals surface area contributed by atoms with E-state index in [0.717, 1.165) is 6.07 Å². The lowest BCUT2D eigenvalue weighted by molar-refractivity contribution is 0.299. The van der Waals surface area contributed by atoms with Crippen LogP contribution in [-0.2, 0) is 0 Å². The predicted molar refractivity (Wildman–Crippen MR) is 58.9 cm³/mol. The summed E-state index contributed by atoms with van der Waals surface area (Å²) in [6, 6.07) is 4.24. The zero-order valence-corrected chi connectivity index (χ0v) is 9.29. The second kappa shape index (κ2) is 4.47. The molecule has 0 aliphatic heterocycles. The number of hydrogen-bond donors (Lipinski definition) is 1. The molecular formula is C12H16F2N2. The van der Waals surface area contributed by atoms with Gasteiger partial charge in [0, 0.05) is 24.2 Å². The SMILES string of the molecule is CN(CC(N)c1cccc(F)c1F)C1CC1. The van der Waals surface area contributed by atoms with Gasteiger partial charge in [-0.1, -0.05) is 12.1 Å². The van der Waals surface area contributed by atoms with Crippen LogP contribution < -0.4 is 5.73 Å². The Balaban J connectivity index is 2.07. The molecule has 2 N–H and O–H groups in total. The molecule has 1 aromatic carbocycles. The van der Waals surface area contributed by atoms with Crippen LogP contribution in [0.4, 0.5) is 8.78 Å². The van der Waals surface area contributed by atoms with Gasteiger partial charge in [-0.05, 0) is 26.0 Å². The number of rotatable bonds is 4. The Labute approximate surface area is 94.0 Å². The van der Waals surface area contributed by atoms with Crippen molar-refractivity contribution in [2.45, 2.75) is 24.9 Å². The monoisotopic (exact) mass is 226 g/mol. The molecule has 2 nitrogen and oxygen atoms in total. The lowest BCUT2D eigenvalue weighted by atomic mass is 10.1. The third-order valence-electron chi connectivity index (χ3n) is 3.04. The molecule has 0 bridgehead atoms. The van der Waals surface area contributed by atoms with Crippen molar-refractivity contribution in [3.8, 4) is 0 Å². The van der Waals surface area contributed by atoms with Gasteiger partial charge in [0.2, 0.25) is 0 Å². The van der Waals surface area contributed by atoms with E-state index in [0.29, 0.717) is 12.6 Å². The van der Waals surface area contributed by atoms with E-state index in [-0.39, 0.29) is 5.56 Å². The maximum atomic E-state index is 13.4. The first-order valence-corrected chi connectivity index (χ1v) is 5.49. The first-order valence-electron chi connectivity index (χ1n) is 5.49. The number of nitrogens with zero attached hydrogens (tertiary/aromatic N) is 1. The Morgan fingerprint density at radius 1 is 1.44 bits per heavy atom. The fourth-order valence-electron chi connectivity index (χ4n) is 1.88. The Kier molecular flexibility index (Phi) is 3.21. The van der Waals surface area contributed by atoms with Gasteiger partial charge in [-0.15, -0.1) is 0 Å². The minimum Gasteiger partial charge on any atom is -0.323 e. The summed E-state index contributed by atoms with van der Waals surface area (Å²) in [5, 5.41) is 0. The summed E-state index contributed by atoms with van der Waals surface area (Å²) in [5.41, 5.74) is 6.14. The highest BCUT2D eigenvalue weighted by Gasteiger charge is 2.28. The maximum Gasteiger partial charge on any atom is 0.163 e. The molecule has 1 fully saturated rings. The quantitative estimate of drug-likeness (QED) is 0.851. The van der Waals surface area contributed by atoms with Crippen LogP contribution in [0, 0.1) is 11.6 Å². The minimum absolute atomic E-state index is 0.257. The molecule has 16 heavy (non-hydrogen) atoms. The lowest BCUT2D eigenvalue weighted by Gasteiger charge is -2.21. The first-order chi connectivity index (χ1) is 7.59. The van der Waals surface area contributed by atoms with E-state index in [4.69, 9.17) is 5.73 Å². The van der Waals surface area contributed by atoms with Gasteiger partial charge >= 0.3 is 0 Å². The molecule has 0 amide bonds. The molecule has 2 rings (SSSR count). The summed E-state index contributed by atoms with van der Waals surface area (Å²) in [5.74, 6) is -1.65. The Hall–Kier alpha value is -1.00. The average molecular weight is 226 g/mol. The van der Waals surface area contributed by atoms with Crippen molar-refractivity contribution in [1.82, 2.24) is 4.90 Å². The Morgan fingerprint density at radius 3 is 2.75 bits per heavy atom. The number of hydrogen-bond acceptors (Lipinski definition) is 2. The second-order valence-electron chi connectivity index (χ2n) is 4.42. The molecule has 0 saturated heterocycles. The molecule has 1 aliphatic carbocycles. The Morgan fingerprint density at radius 2 is 2.12 bits per heavy atom. The molecule has 0 spiro atoms. The highest BCUT2D eigenvalue weighted by molar-refractivity contribution is 5.22. The van der Waals surface area contributed by atoms with E-state index < -0.39 is 17.7 Å². The third kappa shape index (κ3) is 2.39. The summed E-state index contributed by atoms with van der Waals surface area (Å²) >= 11 is 0. The molecule has 4 heteroatoms. The molecule has 88 valence electrons. The summed E-state index contributed by atoms with van der Waals surface area (Å²) < 4.78 is 26.4. The summed E-state index contributed by atoms with van der Waals surface area (Å²) in [7, 11) is 1.97. The zero-order chi connectivity index (χ0) is 11.7. The molecule has 1 atom stereocenters. The van der Waals surface area contributed by atoms with Crippen molar-refractivity contribution in [3.05, 3.63) is 35.4 Å². The molecule has 0 heterocycles. The fraction of sp³-hybridized carbons (Fsp3) is 0.500. The van der Waals surface area contributed by atoms with Gasteiger partial charge in [-0.25, -0.2) is 8.78 Å². The Bertz CT molecular complexity index is 377. The molecule has 1 aliphatic rings. The normalized spacial score (nSPS) is 17.8. The van der Waals surface area contributed by atoms with Gasteiger partial charge in [0.25, 0.3) is 0 Å². The van der Waals surface area contributed by atoms with E-state index in [1.54, 1.807) is 6.07 Å². The van der Waals surface area contributed by atoms with E-state index in [9.17, 15) is 8.78 Å². The van der Waals surface area contributed by atoms with Gasteiger partial charge in [0.15, 0.2) is 11.6 Å². The van der Waals surface area contributed by atoms with Crippen LogP contribution in [0.1, 0.15) is 24.4 Å². The fourth-order valence-corrected chi connectivity index (χ4v) is 1.88. The number of nitrogens with two attached hydrogens (primary N) is 1. The van der Waals surface area contributed by atoms with Gasteiger partial charge in [0.1, 0.15) is 0 Å². The van der Waals surface area contributed by atoms with Gasteiger partial charge in [-0.2, -0.15) is 0 Å². The number of benzene rings is 1. The van der Waals surface area contributed by atoms with Crippen molar-refractivity contribution in [3.63, 3.8) is 0 Å². The van der Waals surface area contributed by atoms with Gasteiger partial charge in [-0.3, -0.25) is 0 Å². The summed E-state index contributed by atoms with van der Waals surface area (Å²) in [4.78, 5) is 2.11. The van der Waals surface area contributed by atoms with Gasteiger partial charge < -0.3 is 10.6 Å². The van der Waals surface area contributed by atoms with Crippen LogP contribution >= 0.6 is 0 Å². The standard InChI is InChI=1S/C12H16F2N2/c1-16(8-5-6-8)7-11(15)9-3-2-4-10(13)12(9)14/h2-4,8,11H,5-7,15H2,1H3. The van der Waals surface area contributed by atoms with E-state index in [2.05, 4.69) is 4.90 Å². The molecule has 0 aromatic heterocycles. The van der Waals surface area contributed by atoms with Crippen LogP contribution in [0.15, 0.2) is 18.2 Å². The largest absolute Gasteiger partial charge is 0.323 e. The van der Waals surface area contributed by atoms with Crippen molar-refractivity contribution in [1.29, 1.82) is 0 Å².